The van der Waals surface area contributed by atoms with Crippen LogP contribution in [0.15, 0.2) is 12.7 Å². The van der Waals surface area contributed by atoms with Gasteiger partial charge in [0.15, 0.2) is 0 Å². The van der Waals surface area contributed by atoms with Crippen molar-refractivity contribution in [2.24, 2.45) is 11.7 Å². The van der Waals surface area contributed by atoms with Crippen LogP contribution in [0.2, 0.25) is 0 Å². The molecule has 2 unspecified atom stereocenters. The van der Waals surface area contributed by atoms with E-state index in [4.69, 9.17) is 10.5 Å². The van der Waals surface area contributed by atoms with E-state index in [1.807, 2.05) is 6.08 Å². The summed E-state index contributed by atoms with van der Waals surface area (Å²) in [7, 11) is 0. The van der Waals surface area contributed by atoms with Gasteiger partial charge in [-0.05, 0) is 38.0 Å². The molecule has 2 atom stereocenters. The number of ether oxygens (including phenoxy) is 1. The molecule has 0 saturated carbocycles. The first-order chi connectivity index (χ1) is 7.34. The van der Waals surface area contributed by atoms with Crippen molar-refractivity contribution in [2.45, 2.75) is 51.0 Å². The largest absolute Gasteiger partial charge is 0.381 e. The molecule has 1 aliphatic rings. The maximum absolute atomic E-state index is 6.16. The highest BCUT2D eigenvalue weighted by Crippen LogP contribution is 2.19. The van der Waals surface area contributed by atoms with Gasteiger partial charge in [0.25, 0.3) is 0 Å². The molecule has 0 amide bonds. The average molecular weight is 211 g/mol. The van der Waals surface area contributed by atoms with Crippen LogP contribution in [0, 0.1) is 5.92 Å². The second-order valence-electron chi connectivity index (χ2n) is 4.57. The molecule has 0 aromatic carbocycles. The molecule has 2 nitrogen and oxygen atoms in total. The van der Waals surface area contributed by atoms with Crippen LogP contribution in [-0.4, -0.2) is 19.3 Å². The normalized spacial score (nSPS) is 23.7. The SMILES string of the molecule is C=CCCCCCC(N)C1CCCOC1. The van der Waals surface area contributed by atoms with Crippen LogP contribution < -0.4 is 5.73 Å². The molecule has 0 aromatic rings. The zero-order valence-corrected chi connectivity index (χ0v) is 9.79. The van der Waals surface area contributed by atoms with E-state index in [0.29, 0.717) is 12.0 Å². The van der Waals surface area contributed by atoms with Gasteiger partial charge in [-0.15, -0.1) is 6.58 Å². The number of rotatable bonds is 7. The Labute approximate surface area is 93.9 Å². The smallest absolute Gasteiger partial charge is 0.0509 e. The molecule has 0 radical (unpaired) electrons. The van der Waals surface area contributed by atoms with Gasteiger partial charge in [0.2, 0.25) is 0 Å². The fourth-order valence-corrected chi connectivity index (χ4v) is 2.18. The van der Waals surface area contributed by atoms with Gasteiger partial charge in [-0.2, -0.15) is 0 Å². The summed E-state index contributed by atoms with van der Waals surface area (Å²) in [4.78, 5) is 0. The Morgan fingerprint density at radius 1 is 1.40 bits per heavy atom. The molecule has 88 valence electrons. The second-order valence-corrected chi connectivity index (χ2v) is 4.57. The van der Waals surface area contributed by atoms with E-state index in [1.165, 1.54) is 32.1 Å². The molecule has 0 aliphatic carbocycles. The highest BCUT2D eigenvalue weighted by atomic mass is 16.5. The van der Waals surface area contributed by atoms with E-state index < -0.39 is 0 Å². The van der Waals surface area contributed by atoms with Gasteiger partial charge in [0.1, 0.15) is 0 Å². The molecule has 1 fully saturated rings. The van der Waals surface area contributed by atoms with E-state index in [2.05, 4.69) is 6.58 Å². The molecule has 1 aliphatic heterocycles. The minimum atomic E-state index is 0.356. The summed E-state index contributed by atoms with van der Waals surface area (Å²) in [5.74, 6) is 0.609. The highest BCUT2D eigenvalue weighted by Gasteiger charge is 2.20. The third kappa shape index (κ3) is 5.33. The molecule has 15 heavy (non-hydrogen) atoms. The van der Waals surface area contributed by atoms with Crippen LogP contribution in [-0.2, 0) is 4.74 Å². The molecule has 1 saturated heterocycles. The molecule has 2 heteroatoms. The zero-order valence-electron chi connectivity index (χ0n) is 9.79. The summed E-state index contributed by atoms with van der Waals surface area (Å²) in [6.07, 6.45) is 10.5. The van der Waals surface area contributed by atoms with Crippen LogP contribution in [0.3, 0.4) is 0 Å². The number of unbranched alkanes of at least 4 members (excludes halogenated alkanes) is 3. The van der Waals surface area contributed by atoms with Crippen molar-refractivity contribution in [3.8, 4) is 0 Å². The van der Waals surface area contributed by atoms with Gasteiger partial charge < -0.3 is 10.5 Å². The van der Waals surface area contributed by atoms with Gasteiger partial charge in [0, 0.05) is 12.6 Å². The Kier molecular flexibility index (Phi) is 6.69. The van der Waals surface area contributed by atoms with Crippen molar-refractivity contribution >= 4 is 0 Å². The second kappa shape index (κ2) is 7.89. The third-order valence-corrected chi connectivity index (χ3v) is 3.25. The van der Waals surface area contributed by atoms with Gasteiger partial charge in [-0.1, -0.05) is 18.9 Å². The van der Waals surface area contributed by atoms with Gasteiger partial charge in [-0.25, -0.2) is 0 Å². The summed E-state index contributed by atoms with van der Waals surface area (Å²) in [6.45, 7) is 5.54. The van der Waals surface area contributed by atoms with Crippen LogP contribution >= 0.6 is 0 Å². The van der Waals surface area contributed by atoms with Crippen molar-refractivity contribution in [3.05, 3.63) is 12.7 Å². The maximum Gasteiger partial charge on any atom is 0.0509 e. The topological polar surface area (TPSA) is 35.2 Å². The van der Waals surface area contributed by atoms with Crippen LogP contribution in [0.5, 0.6) is 0 Å². The van der Waals surface area contributed by atoms with Crippen molar-refractivity contribution in [1.29, 1.82) is 0 Å². The third-order valence-electron chi connectivity index (χ3n) is 3.25. The summed E-state index contributed by atoms with van der Waals surface area (Å²) in [5.41, 5.74) is 6.16. The molecule has 1 rings (SSSR count). The van der Waals surface area contributed by atoms with E-state index in [0.717, 1.165) is 26.1 Å². The summed E-state index contributed by atoms with van der Waals surface area (Å²) >= 11 is 0. The molecular weight excluding hydrogens is 186 g/mol. The van der Waals surface area contributed by atoms with Crippen LogP contribution in [0.4, 0.5) is 0 Å². The van der Waals surface area contributed by atoms with E-state index in [9.17, 15) is 0 Å². The standard InChI is InChI=1S/C13H25NO/c1-2-3-4-5-6-9-13(14)12-8-7-10-15-11-12/h2,12-13H,1,3-11,14H2. The first kappa shape index (κ1) is 12.7. The lowest BCUT2D eigenvalue weighted by molar-refractivity contribution is 0.0435. The zero-order chi connectivity index (χ0) is 10.9. The van der Waals surface area contributed by atoms with Crippen molar-refractivity contribution in [1.82, 2.24) is 0 Å². The summed E-state index contributed by atoms with van der Waals surface area (Å²) < 4.78 is 5.45. The fraction of sp³-hybridized carbons (Fsp3) is 0.846. The first-order valence-corrected chi connectivity index (χ1v) is 6.29. The lowest BCUT2D eigenvalue weighted by atomic mass is 9.91. The number of allylic oxidation sites excluding steroid dienone is 1. The Morgan fingerprint density at radius 2 is 2.27 bits per heavy atom. The quantitative estimate of drug-likeness (QED) is 0.519. The number of hydrogen-bond donors (Lipinski definition) is 1. The maximum atomic E-state index is 6.16. The number of hydrogen-bond acceptors (Lipinski definition) is 2. The summed E-state index contributed by atoms with van der Waals surface area (Å²) in [5, 5.41) is 0. The van der Waals surface area contributed by atoms with Crippen LogP contribution in [0.25, 0.3) is 0 Å². The molecular formula is C13H25NO. The molecule has 0 aromatic heterocycles. The predicted molar refractivity (Wildman–Crippen MR) is 64.8 cm³/mol. The fourth-order valence-electron chi connectivity index (χ4n) is 2.18. The predicted octanol–water partition coefficient (Wildman–Crippen LogP) is 2.88. The highest BCUT2D eigenvalue weighted by molar-refractivity contribution is 4.75. The Morgan fingerprint density at radius 3 is 2.93 bits per heavy atom. The minimum Gasteiger partial charge on any atom is -0.381 e. The molecule has 0 spiro atoms. The van der Waals surface area contributed by atoms with Crippen molar-refractivity contribution in [3.63, 3.8) is 0 Å². The first-order valence-electron chi connectivity index (χ1n) is 6.29. The minimum absolute atomic E-state index is 0.356. The van der Waals surface area contributed by atoms with E-state index >= 15 is 0 Å². The van der Waals surface area contributed by atoms with E-state index in [-0.39, 0.29) is 0 Å². The van der Waals surface area contributed by atoms with Gasteiger partial charge >= 0.3 is 0 Å². The number of nitrogens with two attached hydrogens (primary N) is 1. The van der Waals surface area contributed by atoms with Crippen LogP contribution in [0.1, 0.15) is 44.9 Å². The average Bonchev–Trinajstić information content (AvgIpc) is 2.30. The molecule has 1 heterocycles. The van der Waals surface area contributed by atoms with Gasteiger partial charge in [0.05, 0.1) is 6.61 Å². The van der Waals surface area contributed by atoms with Crippen molar-refractivity contribution < 1.29 is 4.74 Å². The monoisotopic (exact) mass is 211 g/mol. The Balaban J connectivity index is 2.01. The lowest BCUT2D eigenvalue weighted by Gasteiger charge is -2.27. The summed E-state index contributed by atoms with van der Waals surface area (Å²) in [6, 6.07) is 0.356. The lowest BCUT2D eigenvalue weighted by Crippen LogP contribution is -2.35. The molecule has 2 N–H and O–H groups in total. The molecule has 0 bridgehead atoms. The Hall–Kier alpha value is -0.340. The van der Waals surface area contributed by atoms with Crippen molar-refractivity contribution in [2.75, 3.05) is 13.2 Å². The Bertz CT molecular complexity index is 164. The van der Waals surface area contributed by atoms with Gasteiger partial charge in [-0.3, -0.25) is 0 Å². The van der Waals surface area contributed by atoms with E-state index in [1.54, 1.807) is 0 Å².